The second kappa shape index (κ2) is 8.12. The van der Waals surface area contributed by atoms with Crippen LogP contribution in [0.4, 0.5) is 0 Å². The highest BCUT2D eigenvalue weighted by Gasteiger charge is 2.24. The fourth-order valence-corrected chi connectivity index (χ4v) is 3.90. The van der Waals surface area contributed by atoms with Crippen LogP contribution in [0.3, 0.4) is 0 Å². The van der Waals surface area contributed by atoms with Gasteiger partial charge in [-0.3, -0.25) is 0 Å². The van der Waals surface area contributed by atoms with E-state index >= 15 is 0 Å². The van der Waals surface area contributed by atoms with E-state index in [9.17, 15) is 13.5 Å². The largest absolute Gasteiger partial charge is 0.492 e. The van der Waals surface area contributed by atoms with E-state index in [1.165, 1.54) is 6.07 Å². The molecule has 0 aromatic heterocycles. The number of hydrogen-bond donors (Lipinski definition) is 2. The van der Waals surface area contributed by atoms with Gasteiger partial charge in [-0.25, -0.2) is 13.1 Å². The normalized spacial score (nSPS) is 13.4. The lowest BCUT2D eigenvalue weighted by atomic mass is 10.1. The maximum Gasteiger partial charge on any atom is 0.244 e. The van der Waals surface area contributed by atoms with Crippen LogP contribution in [0.5, 0.6) is 5.75 Å². The summed E-state index contributed by atoms with van der Waals surface area (Å²) in [5.41, 5.74) is 0. The molecular weight excluding hydrogens is 358 g/mol. The van der Waals surface area contributed by atoms with Crippen LogP contribution in [-0.2, 0) is 10.0 Å². The molecule has 1 aromatic rings. The van der Waals surface area contributed by atoms with Crippen molar-refractivity contribution in [3.8, 4) is 5.75 Å². The Hall–Kier alpha value is -0.630. The molecule has 21 heavy (non-hydrogen) atoms. The van der Waals surface area contributed by atoms with Gasteiger partial charge < -0.3 is 9.84 Å². The van der Waals surface area contributed by atoms with Gasteiger partial charge >= 0.3 is 0 Å². The van der Waals surface area contributed by atoms with Crippen LogP contribution in [0.2, 0.25) is 0 Å². The summed E-state index contributed by atoms with van der Waals surface area (Å²) in [6.07, 6.45) is 0.563. The van der Waals surface area contributed by atoms with Crippen molar-refractivity contribution in [3.05, 3.63) is 22.7 Å². The zero-order valence-corrected chi connectivity index (χ0v) is 14.9. The van der Waals surface area contributed by atoms with Gasteiger partial charge in [0.15, 0.2) is 0 Å². The molecule has 1 atom stereocenters. The molecule has 5 nitrogen and oxygen atoms in total. The van der Waals surface area contributed by atoms with Gasteiger partial charge in [0, 0.05) is 10.5 Å². The molecular formula is C14H22BrNO4S. The average molecular weight is 380 g/mol. The SMILES string of the molecule is CCOc1ccc(Br)cc1S(=O)(=O)NC(CO)CC(C)C. The number of aliphatic hydroxyl groups excluding tert-OH is 1. The second-order valence-corrected chi connectivity index (χ2v) is 7.75. The van der Waals surface area contributed by atoms with Gasteiger partial charge in [0.05, 0.1) is 13.2 Å². The van der Waals surface area contributed by atoms with Crippen LogP contribution < -0.4 is 9.46 Å². The Balaban J connectivity index is 3.08. The molecule has 7 heteroatoms. The monoisotopic (exact) mass is 379 g/mol. The lowest BCUT2D eigenvalue weighted by molar-refractivity contribution is 0.239. The Morgan fingerprint density at radius 2 is 2.05 bits per heavy atom. The molecule has 0 saturated carbocycles. The third-order valence-electron chi connectivity index (χ3n) is 2.79. The average Bonchev–Trinajstić information content (AvgIpc) is 2.39. The Morgan fingerprint density at radius 1 is 1.38 bits per heavy atom. The fraction of sp³-hybridized carbons (Fsp3) is 0.571. The number of halogens is 1. The highest BCUT2D eigenvalue weighted by Crippen LogP contribution is 2.28. The molecule has 2 N–H and O–H groups in total. The van der Waals surface area contributed by atoms with E-state index in [0.717, 1.165) is 0 Å². The molecule has 0 bridgehead atoms. The molecule has 0 amide bonds. The molecule has 0 aliphatic rings. The van der Waals surface area contributed by atoms with Gasteiger partial charge in [-0.1, -0.05) is 29.8 Å². The smallest absolute Gasteiger partial charge is 0.244 e. The topological polar surface area (TPSA) is 75.6 Å². The van der Waals surface area contributed by atoms with Gasteiger partial charge in [0.25, 0.3) is 0 Å². The van der Waals surface area contributed by atoms with Crippen molar-refractivity contribution in [2.75, 3.05) is 13.2 Å². The number of sulfonamides is 1. The van der Waals surface area contributed by atoms with Gasteiger partial charge in [0.2, 0.25) is 10.0 Å². The minimum atomic E-state index is -3.76. The minimum absolute atomic E-state index is 0.0703. The van der Waals surface area contributed by atoms with E-state index in [0.29, 0.717) is 23.2 Å². The van der Waals surface area contributed by atoms with E-state index in [2.05, 4.69) is 20.7 Å². The summed E-state index contributed by atoms with van der Waals surface area (Å²) in [7, 11) is -3.76. The first-order valence-corrected chi connectivity index (χ1v) is 9.13. The van der Waals surface area contributed by atoms with Crippen molar-refractivity contribution in [1.82, 2.24) is 4.72 Å². The summed E-state index contributed by atoms with van der Waals surface area (Å²) < 4.78 is 33.6. The summed E-state index contributed by atoms with van der Waals surface area (Å²) in [6.45, 7) is 5.87. The lowest BCUT2D eigenvalue weighted by Crippen LogP contribution is -2.38. The van der Waals surface area contributed by atoms with E-state index in [4.69, 9.17) is 4.74 Å². The van der Waals surface area contributed by atoms with Gasteiger partial charge in [-0.2, -0.15) is 0 Å². The number of rotatable bonds is 8. The third-order valence-corrected chi connectivity index (χ3v) is 4.83. The van der Waals surface area contributed by atoms with E-state index in [1.54, 1.807) is 19.1 Å². The molecule has 0 spiro atoms. The Kier molecular flexibility index (Phi) is 7.12. The zero-order chi connectivity index (χ0) is 16.0. The predicted molar refractivity (Wildman–Crippen MR) is 86.0 cm³/mol. The van der Waals surface area contributed by atoms with Crippen molar-refractivity contribution in [1.29, 1.82) is 0 Å². The summed E-state index contributed by atoms with van der Waals surface area (Å²) in [5, 5.41) is 9.34. The van der Waals surface area contributed by atoms with Crippen LogP contribution in [0.1, 0.15) is 27.2 Å². The highest BCUT2D eigenvalue weighted by molar-refractivity contribution is 9.10. The van der Waals surface area contributed by atoms with Crippen LogP contribution >= 0.6 is 15.9 Å². The fourth-order valence-electron chi connectivity index (χ4n) is 1.98. The van der Waals surface area contributed by atoms with Gasteiger partial charge in [-0.05, 0) is 37.5 Å². The Labute approximate surface area is 134 Å². The lowest BCUT2D eigenvalue weighted by Gasteiger charge is -2.19. The van der Waals surface area contributed by atoms with Gasteiger partial charge in [-0.15, -0.1) is 0 Å². The van der Waals surface area contributed by atoms with E-state index in [-0.39, 0.29) is 17.4 Å². The van der Waals surface area contributed by atoms with Crippen LogP contribution in [0, 0.1) is 5.92 Å². The van der Waals surface area contributed by atoms with E-state index < -0.39 is 16.1 Å². The Bertz CT molecular complexity index is 560. The van der Waals surface area contributed by atoms with Crippen molar-refractivity contribution >= 4 is 26.0 Å². The molecule has 0 heterocycles. The molecule has 0 aliphatic carbocycles. The number of nitrogens with one attached hydrogen (secondary N) is 1. The molecule has 0 saturated heterocycles. The van der Waals surface area contributed by atoms with Gasteiger partial charge in [0.1, 0.15) is 10.6 Å². The molecule has 120 valence electrons. The molecule has 0 aliphatic heterocycles. The molecule has 1 aromatic carbocycles. The quantitative estimate of drug-likeness (QED) is 0.727. The Morgan fingerprint density at radius 3 is 2.57 bits per heavy atom. The number of hydrogen-bond acceptors (Lipinski definition) is 4. The minimum Gasteiger partial charge on any atom is -0.492 e. The summed E-state index contributed by atoms with van der Waals surface area (Å²) >= 11 is 3.27. The number of benzene rings is 1. The molecule has 1 unspecified atom stereocenters. The van der Waals surface area contributed by atoms with E-state index in [1.807, 2.05) is 13.8 Å². The van der Waals surface area contributed by atoms with Crippen LogP contribution in [-0.4, -0.2) is 32.8 Å². The summed E-state index contributed by atoms with van der Waals surface area (Å²) in [6, 6.07) is 4.32. The van der Waals surface area contributed by atoms with Crippen molar-refractivity contribution in [2.24, 2.45) is 5.92 Å². The summed E-state index contributed by atoms with van der Waals surface area (Å²) in [4.78, 5) is 0.0703. The predicted octanol–water partition coefficient (Wildman–Crippen LogP) is 2.53. The van der Waals surface area contributed by atoms with Crippen LogP contribution in [0.25, 0.3) is 0 Å². The first kappa shape index (κ1) is 18.4. The van der Waals surface area contributed by atoms with Crippen molar-refractivity contribution < 1.29 is 18.3 Å². The van der Waals surface area contributed by atoms with Crippen molar-refractivity contribution in [2.45, 2.75) is 38.1 Å². The molecule has 0 radical (unpaired) electrons. The maximum absolute atomic E-state index is 12.5. The first-order chi connectivity index (χ1) is 9.80. The summed E-state index contributed by atoms with van der Waals surface area (Å²) in [5.74, 6) is 0.577. The zero-order valence-electron chi connectivity index (χ0n) is 12.5. The van der Waals surface area contributed by atoms with Crippen molar-refractivity contribution in [3.63, 3.8) is 0 Å². The molecule has 1 rings (SSSR count). The first-order valence-electron chi connectivity index (χ1n) is 6.85. The standard InChI is InChI=1S/C14H22BrNO4S/c1-4-20-13-6-5-11(15)8-14(13)21(18,19)16-12(9-17)7-10(2)3/h5-6,8,10,12,16-17H,4,7,9H2,1-3H3. The molecule has 0 fully saturated rings. The second-order valence-electron chi connectivity index (χ2n) is 5.15. The van der Waals surface area contributed by atoms with Crippen LogP contribution in [0.15, 0.2) is 27.6 Å². The maximum atomic E-state index is 12.5. The third kappa shape index (κ3) is 5.58. The number of aliphatic hydroxyl groups is 1. The highest BCUT2D eigenvalue weighted by atomic mass is 79.9. The number of ether oxygens (including phenoxy) is 1.